The Hall–Kier alpha value is -3.64. The topological polar surface area (TPSA) is 75.0 Å². The fourth-order valence-corrected chi connectivity index (χ4v) is 3.34. The summed E-state index contributed by atoms with van der Waals surface area (Å²) in [7, 11) is 1.55. The molecule has 9 heteroatoms. The molecule has 0 spiro atoms. The number of ether oxygens (including phenoxy) is 1. The highest BCUT2D eigenvalue weighted by molar-refractivity contribution is 7.13. The lowest BCUT2D eigenvalue weighted by atomic mass is 10.1. The first-order valence-corrected chi connectivity index (χ1v) is 9.39. The van der Waals surface area contributed by atoms with Crippen molar-refractivity contribution < 1.29 is 22.7 Å². The van der Waals surface area contributed by atoms with Crippen LogP contribution in [-0.4, -0.2) is 18.0 Å². The number of methoxy groups -OCH3 is 1. The molecule has 0 unspecified atom stereocenters. The molecule has 0 fully saturated rings. The summed E-state index contributed by atoms with van der Waals surface area (Å²) in [6.45, 7) is 0. The van der Waals surface area contributed by atoms with Gasteiger partial charge in [0.15, 0.2) is 0 Å². The Kier molecular flexibility index (Phi) is 6.18. The number of nitrogens with zero attached hydrogens (tertiary/aromatic N) is 2. The first kappa shape index (κ1) is 21.1. The Labute approximate surface area is 174 Å². The van der Waals surface area contributed by atoms with Crippen molar-refractivity contribution in [3.05, 3.63) is 70.7 Å². The van der Waals surface area contributed by atoms with E-state index in [0.29, 0.717) is 16.5 Å². The van der Waals surface area contributed by atoms with E-state index in [2.05, 4.69) is 10.3 Å². The van der Waals surface area contributed by atoms with Crippen LogP contribution in [0.25, 0.3) is 16.6 Å². The van der Waals surface area contributed by atoms with Gasteiger partial charge >= 0.3 is 6.18 Å². The summed E-state index contributed by atoms with van der Waals surface area (Å²) >= 11 is 1.29. The van der Waals surface area contributed by atoms with E-state index in [0.717, 1.165) is 17.7 Å². The molecule has 3 aromatic rings. The highest BCUT2D eigenvalue weighted by Crippen LogP contribution is 2.34. The lowest BCUT2D eigenvalue weighted by Crippen LogP contribution is -2.17. The van der Waals surface area contributed by atoms with Gasteiger partial charge in [-0.1, -0.05) is 24.3 Å². The molecule has 5 nitrogen and oxygen atoms in total. The number of carbonyl (C=O) groups excluding carboxylic acids is 1. The smallest absolute Gasteiger partial charge is 0.418 e. The molecule has 0 saturated heterocycles. The number of halogens is 3. The molecule has 0 atom stereocenters. The first-order valence-electron chi connectivity index (χ1n) is 8.51. The second kappa shape index (κ2) is 8.80. The average Bonchev–Trinajstić information content (AvgIpc) is 3.20. The van der Waals surface area contributed by atoms with E-state index in [-0.39, 0.29) is 5.57 Å². The minimum atomic E-state index is -4.64. The minimum Gasteiger partial charge on any atom is -0.497 e. The molecule has 0 aliphatic heterocycles. The summed E-state index contributed by atoms with van der Waals surface area (Å²) in [5.74, 6) is -0.301. The lowest BCUT2D eigenvalue weighted by molar-refractivity contribution is -0.137. The Morgan fingerprint density at radius 2 is 2.00 bits per heavy atom. The van der Waals surface area contributed by atoms with Crippen molar-refractivity contribution in [1.29, 1.82) is 5.26 Å². The maximum Gasteiger partial charge on any atom is 0.418 e. The van der Waals surface area contributed by atoms with Gasteiger partial charge in [0.05, 0.1) is 24.1 Å². The zero-order chi connectivity index (χ0) is 21.7. The monoisotopic (exact) mass is 429 g/mol. The summed E-state index contributed by atoms with van der Waals surface area (Å²) in [6.07, 6.45) is -3.41. The normalized spacial score (nSPS) is 11.6. The minimum absolute atomic E-state index is 0.341. The van der Waals surface area contributed by atoms with Crippen molar-refractivity contribution in [2.45, 2.75) is 6.18 Å². The van der Waals surface area contributed by atoms with Gasteiger partial charge in [0.1, 0.15) is 22.4 Å². The fourth-order valence-electron chi connectivity index (χ4n) is 2.57. The molecule has 1 N–H and O–H groups in total. The quantitative estimate of drug-likeness (QED) is 0.436. The van der Waals surface area contributed by atoms with Crippen LogP contribution in [0.4, 0.5) is 18.9 Å². The molecular weight excluding hydrogens is 415 g/mol. The van der Waals surface area contributed by atoms with E-state index in [1.165, 1.54) is 29.5 Å². The highest BCUT2D eigenvalue weighted by atomic mass is 32.1. The number of carbonyl (C=O) groups is 1. The van der Waals surface area contributed by atoms with E-state index < -0.39 is 23.3 Å². The summed E-state index contributed by atoms with van der Waals surface area (Å²) in [4.78, 5) is 16.7. The van der Waals surface area contributed by atoms with Crippen molar-refractivity contribution in [3.8, 4) is 22.4 Å². The molecule has 1 aromatic heterocycles. The molecule has 0 bridgehead atoms. The zero-order valence-electron chi connectivity index (χ0n) is 15.5. The number of nitrogens with one attached hydrogen (secondary N) is 1. The summed E-state index contributed by atoms with van der Waals surface area (Å²) in [6, 6.07) is 13.5. The predicted octanol–water partition coefficient (Wildman–Crippen LogP) is 5.38. The molecule has 30 heavy (non-hydrogen) atoms. The third-order valence-electron chi connectivity index (χ3n) is 3.98. The summed E-state index contributed by atoms with van der Waals surface area (Å²) in [5.41, 5.74) is -0.653. The number of amides is 1. The van der Waals surface area contributed by atoms with E-state index in [1.807, 2.05) is 6.07 Å². The van der Waals surface area contributed by atoms with Crippen LogP contribution in [0.2, 0.25) is 0 Å². The van der Waals surface area contributed by atoms with Crippen LogP contribution in [0.3, 0.4) is 0 Å². The van der Waals surface area contributed by atoms with Crippen molar-refractivity contribution in [2.75, 3.05) is 12.4 Å². The molecule has 1 amide bonds. The van der Waals surface area contributed by atoms with Gasteiger partial charge in [0.2, 0.25) is 0 Å². The third-order valence-corrected chi connectivity index (χ3v) is 4.89. The molecule has 1 heterocycles. The van der Waals surface area contributed by atoms with E-state index in [9.17, 15) is 23.2 Å². The maximum absolute atomic E-state index is 13.1. The zero-order valence-corrected chi connectivity index (χ0v) is 16.3. The number of alkyl halides is 3. The van der Waals surface area contributed by atoms with Gasteiger partial charge in [0, 0.05) is 10.9 Å². The number of para-hydroxylation sites is 1. The Morgan fingerprint density at radius 1 is 1.23 bits per heavy atom. The number of rotatable bonds is 5. The number of thiazole rings is 1. The van der Waals surface area contributed by atoms with Crippen LogP contribution in [0.5, 0.6) is 5.75 Å². The van der Waals surface area contributed by atoms with Gasteiger partial charge in [-0.25, -0.2) is 4.98 Å². The molecule has 152 valence electrons. The molecule has 0 aliphatic carbocycles. The Morgan fingerprint density at radius 3 is 2.70 bits per heavy atom. The van der Waals surface area contributed by atoms with Crippen LogP contribution in [0.1, 0.15) is 11.3 Å². The maximum atomic E-state index is 13.1. The second-order valence-electron chi connectivity index (χ2n) is 5.98. The molecule has 2 aromatic carbocycles. The molecule has 0 aliphatic rings. The molecule has 0 saturated carbocycles. The molecule has 0 radical (unpaired) electrons. The van der Waals surface area contributed by atoms with Gasteiger partial charge in [-0.2, -0.15) is 18.4 Å². The fraction of sp³-hybridized carbons (Fsp3) is 0.0952. The number of nitriles is 1. The van der Waals surface area contributed by atoms with Crippen LogP contribution < -0.4 is 10.1 Å². The summed E-state index contributed by atoms with van der Waals surface area (Å²) < 4.78 is 44.5. The number of hydrogen-bond acceptors (Lipinski definition) is 5. The van der Waals surface area contributed by atoms with Crippen molar-refractivity contribution in [3.63, 3.8) is 0 Å². The van der Waals surface area contributed by atoms with E-state index in [4.69, 9.17) is 4.74 Å². The predicted molar refractivity (Wildman–Crippen MR) is 108 cm³/mol. The van der Waals surface area contributed by atoms with Crippen molar-refractivity contribution in [2.24, 2.45) is 0 Å². The standard InChI is InChI=1S/C21H14F3N3O2S/c1-29-16-6-4-5-13(10-16)20-26-15(12-30-20)9-14(11-25)19(28)27-18-8-3-2-7-17(18)21(22,23)24/h2-10,12H,1H3,(H,27,28)/b14-9+. The van der Waals surface area contributed by atoms with E-state index in [1.54, 1.807) is 36.8 Å². The number of aromatic nitrogens is 1. The first-order chi connectivity index (χ1) is 14.3. The van der Waals surface area contributed by atoms with Gasteiger partial charge in [-0.3, -0.25) is 4.79 Å². The van der Waals surface area contributed by atoms with Crippen LogP contribution in [-0.2, 0) is 11.0 Å². The Balaban J connectivity index is 1.84. The van der Waals surface area contributed by atoms with Gasteiger partial charge in [-0.15, -0.1) is 11.3 Å². The molecule has 3 rings (SSSR count). The average molecular weight is 429 g/mol. The van der Waals surface area contributed by atoms with Crippen LogP contribution in [0, 0.1) is 11.3 Å². The van der Waals surface area contributed by atoms with Gasteiger partial charge in [-0.05, 0) is 30.3 Å². The van der Waals surface area contributed by atoms with E-state index >= 15 is 0 Å². The number of anilines is 1. The van der Waals surface area contributed by atoms with Crippen molar-refractivity contribution in [1.82, 2.24) is 4.98 Å². The number of hydrogen-bond donors (Lipinski definition) is 1. The Bertz CT molecular complexity index is 1150. The molecular formula is C21H14F3N3O2S. The van der Waals surface area contributed by atoms with Gasteiger partial charge < -0.3 is 10.1 Å². The summed E-state index contributed by atoms with van der Waals surface area (Å²) in [5, 5.41) is 13.7. The second-order valence-corrected chi connectivity index (χ2v) is 6.83. The lowest BCUT2D eigenvalue weighted by Gasteiger charge is -2.13. The van der Waals surface area contributed by atoms with Crippen LogP contribution >= 0.6 is 11.3 Å². The SMILES string of the molecule is COc1cccc(-c2nc(/C=C(\C#N)C(=O)Nc3ccccc3C(F)(F)F)cs2)c1. The van der Waals surface area contributed by atoms with Crippen molar-refractivity contribution >= 4 is 29.0 Å². The van der Waals surface area contributed by atoms with Crippen LogP contribution in [0.15, 0.2) is 59.5 Å². The third kappa shape index (κ3) is 4.85. The largest absolute Gasteiger partial charge is 0.497 e. The van der Waals surface area contributed by atoms with Gasteiger partial charge in [0.25, 0.3) is 5.91 Å². The highest BCUT2D eigenvalue weighted by Gasteiger charge is 2.33. The number of benzene rings is 2.